The molecule has 304 valence electrons. The van der Waals surface area contributed by atoms with Gasteiger partial charge >= 0.3 is 0 Å². The van der Waals surface area contributed by atoms with Gasteiger partial charge in [-0.05, 0) is 96.0 Å². The van der Waals surface area contributed by atoms with Gasteiger partial charge in [0, 0.05) is 60.9 Å². The molecular formula is C57H45N5O. The Hall–Kier alpha value is -7.18. The fourth-order valence-corrected chi connectivity index (χ4v) is 12.4. The Bertz CT molecular complexity index is 3450. The molecule has 6 aliphatic rings. The fourth-order valence-electron chi connectivity index (χ4n) is 12.4. The first kappa shape index (κ1) is 35.4. The third kappa shape index (κ3) is 4.78. The third-order valence-corrected chi connectivity index (χ3v) is 15.2. The number of allylic oxidation sites excluding steroid dienone is 4. The van der Waals surface area contributed by atoms with Crippen LogP contribution in [0, 0.1) is 5.92 Å². The second kappa shape index (κ2) is 12.9. The monoisotopic (exact) mass is 815 g/mol. The van der Waals surface area contributed by atoms with E-state index in [-0.39, 0.29) is 23.5 Å². The summed E-state index contributed by atoms with van der Waals surface area (Å²) in [6, 6.07) is 49.7. The summed E-state index contributed by atoms with van der Waals surface area (Å²) >= 11 is 0. The quantitative estimate of drug-likeness (QED) is 0.180. The Morgan fingerprint density at radius 2 is 1.46 bits per heavy atom. The zero-order valence-electron chi connectivity index (χ0n) is 35.3. The van der Waals surface area contributed by atoms with Gasteiger partial charge in [-0.15, -0.1) is 0 Å². The predicted molar refractivity (Wildman–Crippen MR) is 256 cm³/mol. The highest BCUT2D eigenvalue weighted by molar-refractivity contribution is 6.16. The van der Waals surface area contributed by atoms with E-state index in [2.05, 4.69) is 192 Å². The standard InChI is InChI=1S/C57H45N5O/c1-33-15-3-4-16-36(33)55-58-54(59-56(60-55)43-23-14-26-46-50(43)57(2)32-12-11-27-47(57)63-46)34-28-30-35(31-29-34)61-45-25-10-8-20-41(45)48-38-18-5-6-19-39(38)49-42-22-13-21-40-37-17-7-9-24-44(37)62(51(40)42)53(49)52(48)61/h3-11,13-14,16-31,33,47,49,53,56H,12,15,32H2,1-2H3,(H,58,59,60). The summed E-state index contributed by atoms with van der Waals surface area (Å²) in [6.07, 6.45) is 13.8. The van der Waals surface area contributed by atoms with Crippen molar-refractivity contribution in [3.8, 4) is 22.6 Å². The van der Waals surface area contributed by atoms with E-state index in [0.29, 0.717) is 5.92 Å². The molecule has 0 saturated carbocycles. The molecule has 0 amide bonds. The highest BCUT2D eigenvalue weighted by atomic mass is 16.5. The summed E-state index contributed by atoms with van der Waals surface area (Å²) in [4.78, 5) is 10.9. The molecule has 2 aromatic heterocycles. The Balaban J connectivity index is 0.940. The minimum atomic E-state index is -0.412. The Morgan fingerprint density at radius 3 is 2.35 bits per heavy atom. The van der Waals surface area contributed by atoms with Crippen molar-refractivity contribution in [2.75, 3.05) is 0 Å². The van der Waals surface area contributed by atoms with Crippen molar-refractivity contribution in [3.05, 3.63) is 203 Å². The lowest BCUT2D eigenvalue weighted by Crippen LogP contribution is -2.39. The first-order valence-corrected chi connectivity index (χ1v) is 22.7. The lowest BCUT2D eigenvalue weighted by molar-refractivity contribution is 0.187. The SMILES string of the molecule is CC1CC=CC=C1C1=NC(c2cccc3c2C2(C)CCC=CC2O3)N=C(c2ccc(-n3c4c(c5ccccc53)-c3ccccc3C3c5cccc6c7ccccc7n(c56)C43)cc2)N1. The maximum atomic E-state index is 6.61. The average molecular weight is 816 g/mol. The van der Waals surface area contributed by atoms with Gasteiger partial charge in [0.25, 0.3) is 0 Å². The van der Waals surface area contributed by atoms with Gasteiger partial charge in [0.1, 0.15) is 23.5 Å². The van der Waals surface area contributed by atoms with Crippen LogP contribution in [0.15, 0.2) is 179 Å². The molecule has 8 aromatic rings. The van der Waals surface area contributed by atoms with Crippen LogP contribution in [-0.4, -0.2) is 26.9 Å². The number of rotatable bonds is 4. The lowest BCUT2D eigenvalue weighted by Gasteiger charge is -2.33. The van der Waals surface area contributed by atoms with Crippen molar-refractivity contribution in [2.24, 2.45) is 15.9 Å². The van der Waals surface area contributed by atoms with Crippen molar-refractivity contribution >= 4 is 44.4 Å². The minimum Gasteiger partial charge on any atom is -0.485 e. The van der Waals surface area contributed by atoms with Crippen LogP contribution in [0.3, 0.4) is 0 Å². The van der Waals surface area contributed by atoms with E-state index in [1.54, 1.807) is 0 Å². The van der Waals surface area contributed by atoms with Gasteiger partial charge in [-0.25, -0.2) is 9.98 Å². The summed E-state index contributed by atoms with van der Waals surface area (Å²) in [7, 11) is 0. The molecule has 63 heavy (non-hydrogen) atoms. The van der Waals surface area contributed by atoms with Gasteiger partial charge in [0.2, 0.25) is 0 Å². The van der Waals surface area contributed by atoms with Gasteiger partial charge < -0.3 is 19.2 Å². The smallest absolute Gasteiger partial charge is 0.170 e. The molecule has 0 fully saturated rings. The second-order valence-electron chi connectivity index (χ2n) is 18.6. The molecule has 6 aromatic carbocycles. The van der Waals surface area contributed by atoms with Crippen molar-refractivity contribution < 1.29 is 4.74 Å². The third-order valence-electron chi connectivity index (χ3n) is 15.2. The number of fused-ring (bicyclic) bond motifs is 16. The molecule has 6 nitrogen and oxygen atoms in total. The molecule has 5 heterocycles. The molecule has 6 unspecified atom stereocenters. The number of aliphatic imine (C=N–C) groups is 2. The van der Waals surface area contributed by atoms with Crippen LogP contribution in [0.25, 0.3) is 49.5 Å². The van der Waals surface area contributed by atoms with Crippen molar-refractivity contribution in [1.82, 2.24) is 14.5 Å². The number of hydrogen-bond donors (Lipinski definition) is 1. The van der Waals surface area contributed by atoms with Crippen LogP contribution >= 0.6 is 0 Å². The van der Waals surface area contributed by atoms with Crippen LogP contribution in [0.4, 0.5) is 0 Å². The van der Waals surface area contributed by atoms with Crippen molar-refractivity contribution in [1.29, 1.82) is 0 Å². The zero-order chi connectivity index (χ0) is 41.6. The molecule has 6 atom stereocenters. The van der Waals surface area contributed by atoms with Gasteiger partial charge in [-0.2, -0.15) is 0 Å². The Morgan fingerprint density at radius 1 is 0.714 bits per heavy atom. The summed E-state index contributed by atoms with van der Waals surface area (Å²) in [5.74, 6) is 3.22. The van der Waals surface area contributed by atoms with E-state index in [1.807, 2.05) is 0 Å². The molecule has 0 radical (unpaired) electrons. The van der Waals surface area contributed by atoms with Crippen LogP contribution in [0.1, 0.15) is 84.7 Å². The molecule has 1 N–H and O–H groups in total. The molecule has 0 saturated heterocycles. The highest BCUT2D eigenvalue weighted by Crippen LogP contribution is 2.60. The fraction of sp³-hybridized carbons (Fsp3) is 0.193. The molecule has 14 rings (SSSR count). The maximum absolute atomic E-state index is 6.61. The lowest BCUT2D eigenvalue weighted by atomic mass is 9.71. The first-order valence-electron chi connectivity index (χ1n) is 22.7. The van der Waals surface area contributed by atoms with E-state index in [1.165, 1.54) is 71.8 Å². The van der Waals surface area contributed by atoms with Crippen LogP contribution < -0.4 is 10.1 Å². The van der Waals surface area contributed by atoms with Crippen LogP contribution in [0.2, 0.25) is 0 Å². The van der Waals surface area contributed by atoms with Crippen molar-refractivity contribution in [3.63, 3.8) is 0 Å². The van der Waals surface area contributed by atoms with Gasteiger partial charge in [0.05, 0.1) is 22.8 Å². The van der Waals surface area contributed by atoms with E-state index >= 15 is 0 Å². The van der Waals surface area contributed by atoms with Gasteiger partial charge in [-0.3, -0.25) is 0 Å². The summed E-state index contributed by atoms with van der Waals surface area (Å²) < 4.78 is 11.8. The summed E-state index contributed by atoms with van der Waals surface area (Å²) in [6.45, 7) is 4.65. The molecule has 0 spiro atoms. The Labute approximate surface area is 366 Å². The number of nitrogens with zero attached hydrogens (tertiary/aromatic N) is 4. The molecule has 0 bridgehead atoms. The normalized spacial score (nSPS) is 24.8. The van der Waals surface area contributed by atoms with Gasteiger partial charge in [0.15, 0.2) is 6.17 Å². The number of aromatic nitrogens is 2. The number of amidine groups is 2. The maximum Gasteiger partial charge on any atom is 0.170 e. The second-order valence-corrected chi connectivity index (χ2v) is 18.6. The molecular weight excluding hydrogens is 771 g/mol. The topological polar surface area (TPSA) is 55.8 Å². The minimum absolute atomic E-state index is 0.0229. The predicted octanol–water partition coefficient (Wildman–Crippen LogP) is 12.8. The van der Waals surface area contributed by atoms with E-state index in [0.717, 1.165) is 53.5 Å². The van der Waals surface area contributed by atoms with E-state index in [4.69, 9.17) is 14.7 Å². The van der Waals surface area contributed by atoms with Crippen LogP contribution in [0.5, 0.6) is 5.75 Å². The average Bonchev–Trinajstić information content (AvgIpc) is 4.06. The number of para-hydroxylation sites is 3. The van der Waals surface area contributed by atoms with E-state index in [9.17, 15) is 0 Å². The van der Waals surface area contributed by atoms with E-state index < -0.39 is 6.17 Å². The first-order chi connectivity index (χ1) is 31.0. The molecule has 6 heteroatoms. The number of nitrogens with one attached hydrogen (secondary N) is 1. The number of benzene rings is 6. The Kier molecular flexibility index (Phi) is 7.27. The molecule has 3 aliphatic carbocycles. The number of hydrogen-bond acceptors (Lipinski definition) is 4. The van der Waals surface area contributed by atoms with Crippen LogP contribution in [-0.2, 0) is 5.41 Å². The van der Waals surface area contributed by atoms with Crippen molar-refractivity contribution in [2.45, 2.75) is 62.8 Å². The zero-order valence-corrected chi connectivity index (χ0v) is 35.3. The van der Waals surface area contributed by atoms with Gasteiger partial charge in [-0.1, -0.05) is 129 Å². The largest absolute Gasteiger partial charge is 0.485 e. The number of ether oxygens (including phenoxy) is 1. The summed E-state index contributed by atoms with van der Waals surface area (Å²) in [5.41, 5.74) is 16.3. The highest BCUT2D eigenvalue weighted by Gasteiger charge is 2.48. The summed E-state index contributed by atoms with van der Waals surface area (Å²) in [5, 5.41) is 7.68. The molecule has 3 aliphatic heterocycles.